The zero-order valence-corrected chi connectivity index (χ0v) is 9.31. The Kier molecular flexibility index (Phi) is 2.78. The first-order valence-corrected chi connectivity index (χ1v) is 5.35. The first-order valence-electron chi connectivity index (χ1n) is 5.35. The van der Waals surface area contributed by atoms with Crippen LogP contribution in [0.3, 0.4) is 0 Å². The molecule has 1 unspecified atom stereocenters. The number of aryl methyl sites for hydroxylation is 1. The van der Waals surface area contributed by atoms with Gasteiger partial charge in [0.2, 0.25) is 5.91 Å². The molecular weight excluding hydrogens is 204 g/mol. The van der Waals surface area contributed by atoms with Gasteiger partial charge in [0.05, 0.1) is 5.69 Å². The molecule has 1 aromatic heterocycles. The van der Waals surface area contributed by atoms with Gasteiger partial charge in [-0.3, -0.25) is 4.79 Å². The predicted molar refractivity (Wildman–Crippen MR) is 62.9 cm³/mol. The van der Waals surface area contributed by atoms with Gasteiger partial charge in [-0.25, -0.2) is 4.98 Å². The zero-order chi connectivity index (χ0) is 11.7. The third-order valence-corrected chi connectivity index (χ3v) is 2.96. The quantitative estimate of drug-likeness (QED) is 0.749. The molecule has 5 nitrogen and oxygen atoms in total. The largest absolute Gasteiger partial charge is 0.382 e. The molecule has 0 spiro atoms. The number of amides is 1. The summed E-state index contributed by atoms with van der Waals surface area (Å²) in [6, 6.07) is 1.86. The summed E-state index contributed by atoms with van der Waals surface area (Å²) in [7, 11) is 0. The summed E-state index contributed by atoms with van der Waals surface area (Å²) >= 11 is 0. The molecule has 0 radical (unpaired) electrons. The van der Waals surface area contributed by atoms with E-state index in [9.17, 15) is 4.79 Å². The van der Waals surface area contributed by atoms with Crippen molar-refractivity contribution >= 4 is 17.4 Å². The standard InChI is InChI=1S/C11H16N4O/c1-7-2-3-14-11(13)10(7)15-6-8(5-12)4-9(15)16/h2-3,8H,4-6,12H2,1H3,(H2,13,14). The summed E-state index contributed by atoms with van der Waals surface area (Å²) in [6.45, 7) is 3.10. The molecule has 1 aliphatic rings. The lowest BCUT2D eigenvalue weighted by atomic mass is 10.1. The number of pyridine rings is 1. The van der Waals surface area contributed by atoms with Crippen molar-refractivity contribution in [2.45, 2.75) is 13.3 Å². The van der Waals surface area contributed by atoms with Crippen LogP contribution in [0.4, 0.5) is 11.5 Å². The predicted octanol–water partition coefficient (Wildman–Crippen LogP) is 0.284. The second-order valence-corrected chi connectivity index (χ2v) is 4.17. The SMILES string of the molecule is Cc1ccnc(N)c1N1CC(CN)CC1=O. The van der Waals surface area contributed by atoms with E-state index in [1.165, 1.54) is 0 Å². The van der Waals surface area contributed by atoms with Crippen LogP contribution in [-0.4, -0.2) is 24.0 Å². The van der Waals surface area contributed by atoms with Gasteiger partial charge in [-0.1, -0.05) is 0 Å². The van der Waals surface area contributed by atoms with Gasteiger partial charge >= 0.3 is 0 Å². The number of rotatable bonds is 2. The number of nitrogens with zero attached hydrogens (tertiary/aromatic N) is 2. The van der Waals surface area contributed by atoms with Crippen molar-refractivity contribution < 1.29 is 4.79 Å². The van der Waals surface area contributed by atoms with Crippen molar-refractivity contribution in [3.63, 3.8) is 0 Å². The summed E-state index contributed by atoms with van der Waals surface area (Å²) in [5.41, 5.74) is 13.1. The smallest absolute Gasteiger partial charge is 0.227 e. The van der Waals surface area contributed by atoms with E-state index in [1.54, 1.807) is 11.1 Å². The van der Waals surface area contributed by atoms with E-state index in [1.807, 2.05) is 13.0 Å². The van der Waals surface area contributed by atoms with Crippen molar-refractivity contribution in [3.8, 4) is 0 Å². The number of nitrogen functional groups attached to an aromatic ring is 1. The molecule has 4 N–H and O–H groups in total. The Morgan fingerprint density at radius 1 is 1.62 bits per heavy atom. The molecule has 86 valence electrons. The Balaban J connectivity index is 2.35. The maximum Gasteiger partial charge on any atom is 0.227 e. The van der Waals surface area contributed by atoms with Crippen LogP contribution >= 0.6 is 0 Å². The molecule has 2 rings (SSSR count). The minimum Gasteiger partial charge on any atom is -0.382 e. The second kappa shape index (κ2) is 4.09. The maximum absolute atomic E-state index is 11.8. The van der Waals surface area contributed by atoms with Gasteiger partial charge in [0.25, 0.3) is 0 Å². The number of anilines is 2. The number of carbonyl (C=O) groups excluding carboxylic acids is 1. The molecule has 1 aliphatic heterocycles. The molecule has 1 atom stereocenters. The minimum absolute atomic E-state index is 0.0817. The maximum atomic E-state index is 11.8. The molecule has 0 aromatic carbocycles. The van der Waals surface area contributed by atoms with E-state index in [4.69, 9.17) is 11.5 Å². The highest BCUT2D eigenvalue weighted by Crippen LogP contribution is 2.30. The lowest BCUT2D eigenvalue weighted by Gasteiger charge is -2.20. The summed E-state index contributed by atoms with van der Waals surface area (Å²) in [4.78, 5) is 17.6. The molecule has 0 aliphatic carbocycles. The van der Waals surface area contributed by atoms with Crippen LogP contribution in [0.1, 0.15) is 12.0 Å². The third kappa shape index (κ3) is 1.74. The molecule has 0 saturated carbocycles. The molecule has 1 aromatic rings. The van der Waals surface area contributed by atoms with Gasteiger partial charge in [-0.2, -0.15) is 0 Å². The van der Waals surface area contributed by atoms with Gasteiger partial charge in [0, 0.05) is 19.2 Å². The Labute approximate surface area is 94.4 Å². The van der Waals surface area contributed by atoms with Crippen LogP contribution in [0.15, 0.2) is 12.3 Å². The van der Waals surface area contributed by atoms with Crippen molar-refractivity contribution in [1.82, 2.24) is 4.98 Å². The van der Waals surface area contributed by atoms with Crippen molar-refractivity contribution in [2.75, 3.05) is 23.7 Å². The van der Waals surface area contributed by atoms with E-state index < -0.39 is 0 Å². The topological polar surface area (TPSA) is 85.2 Å². The zero-order valence-electron chi connectivity index (χ0n) is 9.31. The number of nitrogens with two attached hydrogens (primary N) is 2. The van der Waals surface area contributed by atoms with Crippen LogP contribution < -0.4 is 16.4 Å². The van der Waals surface area contributed by atoms with Gasteiger partial charge in [-0.05, 0) is 31.0 Å². The van der Waals surface area contributed by atoms with E-state index in [0.717, 1.165) is 11.3 Å². The van der Waals surface area contributed by atoms with Gasteiger partial charge in [0.15, 0.2) is 0 Å². The van der Waals surface area contributed by atoms with E-state index in [2.05, 4.69) is 4.98 Å². The normalized spacial score (nSPS) is 20.5. The Hall–Kier alpha value is -1.62. The molecule has 5 heteroatoms. The number of carbonyl (C=O) groups is 1. The summed E-state index contributed by atoms with van der Waals surface area (Å²) in [5.74, 6) is 0.718. The van der Waals surface area contributed by atoms with Crippen LogP contribution in [0.2, 0.25) is 0 Å². The van der Waals surface area contributed by atoms with Gasteiger partial charge in [0.1, 0.15) is 5.82 Å². The van der Waals surface area contributed by atoms with Crippen LogP contribution in [0, 0.1) is 12.8 Å². The van der Waals surface area contributed by atoms with Gasteiger partial charge in [-0.15, -0.1) is 0 Å². The second-order valence-electron chi connectivity index (χ2n) is 4.17. The highest BCUT2D eigenvalue weighted by molar-refractivity contribution is 5.98. The fourth-order valence-electron chi connectivity index (χ4n) is 2.08. The van der Waals surface area contributed by atoms with Crippen LogP contribution in [0.25, 0.3) is 0 Å². The number of aromatic nitrogens is 1. The van der Waals surface area contributed by atoms with Crippen LogP contribution in [0.5, 0.6) is 0 Å². The summed E-state index contributed by atoms with van der Waals surface area (Å²) in [6.07, 6.45) is 2.15. The Morgan fingerprint density at radius 2 is 2.38 bits per heavy atom. The average Bonchev–Trinajstić information content (AvgIpc) is 2.60. The van der Waals surface area contributed by atoms with Crippen molar-refractivity contribution in [1.29, 1.82) is 0 Å². The molecule has 1 amide bonds. The monoisotopic (exact) mass is 220 g/mol. The average molecular weight is 220 g/mol. The summed E-state index contributed by atoms with van der Waals surface area (Å²) < 4.78 is 0. The minimum atomic E-state index is 0.0817. The van der Waals surface area contributed by atoms with Crippen molar-refractivity contribution in [2.24, 2.45) is 11.7 Å². The lowest BCUT2D eigenvalue weighted by Crippen LogP contribution is -2.27. The lowest BCUT2D eigenvalue weighted by molar-refractivity contribution is -0.117. The van der Waals surface area contributed by atoms with Gasteiger partial charge < -0.3 is 16.4 Å². The molecule has 16 heavy (non-hydrogen) atoms. The third-order valence-electron chi connectivity index (χ3n) is 2.96. The number of hydrogen-bond acceptors (Lipinski definition) is 4. The molecule has 1 fully saturated rings. The molecule has 1 saturated heterocycles. The first-order chi connectivity index (χ1) is 7.63. The fourth-order valence-corrected chi connectivity index (χ4v) is 2.08. The molecular formula is C11H16N4O. The van der Waals surface area contributed by atoms with E-state index in [0.29, 0.717) is 25.3 Å². The Morgan fingerprint density at radius 3 is 2.94 bits per heavy atom. The highest BCUT2D eigenvalue weighted by atomic mass is 16.2. The fraction of sp³-hybridized carbons (Fsp3) is 0.455. The van der Waals surface area contributed by atoms with Crippen LogP contribution in [-0.2, 0) is 4.79 Å². The summed E-state index contributed by atoms with van der Waals surface area (Å²) in [5, 5.41) is 0. The number of hydrogen-bond donors (Lipinski definition) is 2. The van der Waals surface area contributed by atoms with E-state index >= 15 is 0 Å². The Bertz CT molecular complexity index is 398. The molecule has 2 heterocycles. The first kappa shape index (κ1) is 10.9. The van der Waals surface area contributed by atoms with Crippen molar-refractivity contribution in [3.05, 3.63) is 17.8 Å². The van der Waals surface area contributed by atoms with E-state index in [-0.39, 0.29) is 11.8 Å². The highest BCUT2D eigenvalue weighted by Gasteiger charge is 2.31. The molecule has 0 bridgehead atoms.